The Morgan fingerprint density at radius 2 is 2.00 bits per heavy atom. The van der Waals surface area contributed by atoms with Gasteiger partial charge in [-0.2, -0.15) is 0 Å². The average Bonchev–Trinajstić information content (AvgIpc) is 2.44. The van der Waals surface area contributed by atoms with Crippen molar-refractivity contribution in [1.29, 1.82) is 0 Å². The van der Waals surface area contributed by atoms with E-state index in [2.05, 4.69) is 45.7 Å². The van der Waals surface area contributed by atoms with E-state index in [-0.39, 0.29) is 5.78 Å². The molecule has 0 fully saturated rings. The summed E-state index contributed by atoms with van der Waals surface area (Å²) in [5, 5.41) is 0. The van der Waals surface area contributed by atoms with Crippen molar-refractivity contribution in [3.63, 3.8) is 0 Å². The second-order valence-electron chi connectivity index (χ2n) is 3.84. The molecule has 0 aliphatic heterocycles. The number of alkyl halides is 2. The van der Waals surface area contributed by atoms with Crippen LogP contribution in [0.25, 0.3) is 0 Å². The minimum absolute atomic E-state index is 0.282. The summed E-state index contributed by atoms with van der Waals surface area (Å²) in [6, 6.07) is 1.73. The second kappa shape index (κ2) is 5.89. The fraction of sp³-hybridized carbons (Fsp3) is 0.500. The number of carbonyl (C=O) groups is 1. The Bertz CT molecular complexity index is 402. The van der Waals surface area contributed by atoms with Crippen LogP contribution < -0.4 is 0 Å². The maximum atomic E-state index is 11.8. The highest BCUT2D eigenvalue weighted by molar-refractivity contribution is 9.13. The molecule has 1 aromatic rings. The van der Waals surface area contributed by atoms with E-state index in [0.29, 0.717) is 11.6 Å². The molecule has 1 aromatic heterocycles. The van der Waals surface area contributed by atoms with Crippen LogP contribution in [-0.4, -0.2) is 15.2 Å². The molecule has 0 atom stereocenters. The molecule has 0 spiro atoms. The monoisotopic (exact) mass is 389 g/mol. The highest BCUT2D eigenvalue weighted by atomic mass is 79.9. The summed E-state index contributed by atoms with van der Waals surface area (Å²) >= 11 is 18.0. The number of hydrogen-bond donors (Lipinski definition) is 0. The van der Waals surface area contributed by atoms with Crippen LogP contribution in [-0.2, 0) is 6.54 Å². The quantitative estimate of drug-likeness (QED) is 0.540. The van der Waals surface area contributed by atoms with Crippen LogP contribution in [0.15, 0.2) is 15.1 Å². The first-order valence-electron chi connectivity index (χ1n) is 4.71. The third-order valence-corrected chi connectivity index (χ3v) is 4.37. The molecule has 0 aliphatic carbocycles. The van der Waals surface area contributed by atoms with Gasteiger partial charge in [0.15, 0.2) is 4.84 Å². The van der Waals surface area contributed by atoms with Gasteiger partial charge in [0.25, 0.3) is 0 Å². The Hall–Kier alpha value is 0.490. The van der Waals surface area contributed by atoms with Crippen molar-refractivity contribution in [3.8, 4) is 0 Å². The van der Waals surface area contributed by atoms with Crippen LogP contribution in [0.2, 0.25) is 0 Å². The first kappa shape index (κ1) is 14.6. The minimum Gasteiger partial charge on any atom is -0.332 e. The van der Waals surface area contributed by atoms with Crippen molar-refractivity contribution in [1.82, 2.24) is 4.57 Å². The number of carbonyl (C=O) groups excluding carboxylic acids is 1. The summed E-state index contributed by atoms with van der Waals surface area (Å²) in [5.41, 5.74) is 0.516. The lowest BCUT2D eigenvalue weighted by atomic mass is 10.2. The van der Waals surface area contributed by atoms with E-state index in [4.69, 9.17) is 23.2 Å². The van der Waals surface area contributed by atoms with Crippen molar-refractivity contribution in [2.45, 2.75) is 25.2 Å². The fourth-order valence-corrected chi connectivity index (χ4v) is 2.46. The number of aromatic nitrogens is 1. The Balaban J connectivity index is 3.18. The SMILES string of the molecule is CC(C)Cn1c(C(=O)C(Cl)Cl)cc(Br)c1Br. The highest BCUT2D eigenvalue weighted by Gasteiger charge is 2.22. The normalized spacial score (nSPS) is 11.5. The molecule has 16 heavy (non-hydrogen) atoms. The molecule has 6 heteroatoms. The lowest BCUT2D eigenvalue weighted by Gasteiger charge is -2.12. The Labute approximate surface area is 122 Å². The van der Waals surface area contributed by atoms with Gasteiger partial charge in [0, 0.05) is 6.54 Å². The molecule has 0 radical (unpaired) electrons. The number of hydrogen-bond acceptors (Lipinski definition) is 1. The van der Waals surface area contributed by atoms with E-state index in [9.17, 15) is 4.79 Å². The summed E-state index contributed by atoms with van der Waals surface area (Å²) in [7, 11) is 0. The number of nitrogens with zero attached hydrogens (tertiary/aromatic N) is 1. The summed E-state index contributed by atoms with van der Waals surface area (Å²) in [6.07, 6.45) is 0. The molecule has 0 bridgehead atoms. The van der Waals surface area contributed by atoms with Crippen molar-refractivity contribution in [3.05, 3.63) is 20.8 Å². The summed E-state index contributed by atoms with van der Waals surface area (Å²) in [4.78, 5) is 10.8. The van der Waals surface area contributed by atoms with Gasteiger partial charge in [0.05, 0.1) is 14.8 Å². The predicted molar refractivity (Wildman–Crippen MR) is 74.5 cm³/mol. The first-order chi connectivity index (χ1) is 7.34. The van der Waals surface area contributed by atoms with E-state index >= 15 is 0 Å². The molecule has 0 N–H and O–H groups in total. The smallest absolute Gasteiger partial charge is 0.212 e. The molecule has 1 rings (SSSR count). The molecule has 1 heterocycles. The first-order valence-corrected chi connectivity index (χ1v) is 7.17. The summed E-state index contributed by atoms with van der Waals surface area (Å²) in [5.74, 6) is 0.140. The van der Waals surface area contributed by atoms with E-state index in [1.54, 1.807) is 6.07 Å². The van der Waals surface area contributed by atoms with Gasteiger partial charge in [-0.3, -0.25) is 4.79 Å². The Morgan fingerprint density at radius 1 is 1.44 bits per heavy atom. The van der Waals surface area contributed by atoms with Crippen molar-refractivity contribution < 1.29 is 4.79 Å². The average molecular weight is 392 g/mol. The van der Waals surface area contributed by atoms with Gasteiger partial charge >= 0.3 is 0 Å². The minimum atomic E-state index is -1.03. The maximum Gasteiger partial charge on any atom is 0.212 e. The largest absolute Gasteiger partial charge is 0.332 e. The fourth-order valence-electron chi connectivity index (χ4n) is 1.35. The predicted octanol–water partition coefficient (Wildman–Crippen LogP) is 4.66. The third kappa shape index (κ3) is 3.25. The van der Waals surface area contributed by atoms with Crippen LogP contribution >= 0.6 is 55.1 Å². The highest BCUT2D eigenvalue weighted by Crippen LogP contribution is 2.29. The van der Waals surface area contributed by atoms with Crippen molar-refractivity contribution in [2.24, 2.45) is 5.92 Å². The second-order valence-corrected chi connectivity index (χ2v) is 6.54. The van der Waals surface area contributed by atoms with Gasteiger partial charge in [-0.15, -0.1) is 0 Å². The summed E-state index contributed by atoms with van der Waals surface area (Å²) in [6.45, 7) is 4.88. The van der Waals surface area contributed by atoms with Gasteiger partial charge in [-0.1, -0.05) is 37.0 Å². The number of halogens is 4. The van der Waals surface area contributed by atoms with Gasteiger partial charge in [-0.25, -0.2) is 0 Å². The molecule has 0 saturated heterocycles. The molecule has 0 amide bonds. The Kier molecular flexibility index (Phi) is 5.36. The topological polar surface area (TPSA) is 22.0 Å². The molecule has 0 unspecified atom stereocenters. The van der Waals surface area contributed by atoms with Gasteiger partial charge < -0.3 is 4.57 Å². The lowest BCUT2D eigenvalue weighted by Crippen LogP contribution is -2.16. The van der Waals surface area contributed by atoms with Crippen molar-refractivity contribution >= 4 is 60.8 Å². The summed E-state index contributed by atoms with van der Waals surface area (Å²) < 4.78 is 3.53. The van der Waals surface area contributed by atoms with Crippen molar-refractivity contribution in [2.75, 3.05) is 0 Å². The van der Waals surface area contributed by atoms with Crippen LogP contribution in [0.1, 0.15) is 24.3 Å². The van der Waals surface area contributed by atoms with E-state index in [1.807, 2.05) is 4.57 Å². The van der Waals surface area contributed by atoms with Gasteiger partial charge in [0.2, 0.25) is 5.78 Å². The molecule has 0 aromatic carbocycles. The van der Waals surface area contributed by atoms with Gasteiger partial charge in [-0.05, 0) is 43.8 Å². The lowest BCUT2D eigenvalue weighted by molar-refractivity contribution is 0.0997. The Morgan fingerprint density at radius 3 is 2.44 bits per heavy atom. The molecule has 2 nitrogen and oxygen atoms in total. The number of ketones is 1. The standard InChI is InChI=1S/C10H11Br2Cl2NO/c1-5(2)4-15-7(8(16)10(13)14)3-6(11)9(15)12/h3,5,10H,4H2,1-2H3. The van der Waals surface area contributed by atoms with E-state index < -0.39 is 4.84 Å². The zero-order valence-corrected chi connectivity index (χ0v) is 13.5. The van der Waals surface area contributed by atoms with Crippen LogP contribution in [0.5, 0.6) is 0 Å². The zero-order valence-electron chi connectivity index (χ0n) is 8.81. The molecule has 0 aliphatic rings. The van der Waals surface area contributed by atoms with Gasteiger partial charge in [0.1, 0.15) is 0 Å². The van der Waals surface area contributed by atoms with Crippen LogP contribution in [0, 0.1) is 5.92 Å². The molecular formula is C10H11Br2Cl2NO. The molecular weight excluding hydrogens is 381 g/mol. The third-order valence-electron chi connectivity index (χ3n) is 1.99. The number of Topliss-reactive ketones (excluding diaryl/α,β-unsaturated/α-hetero) is 1. The molecule has 90 valence electrons. The van der Waals surface area contributed by atoms with Crippen LogP contribution in [0.4, 0.5) is 0 Å². The maximum absolute atomic E-state index is 11.8. The number of rotatable bonds is 4. The van der Waals surface area contributed by atoms with Crippen LogP contribution in [0.3, 0.4) is 0 Å². The molecule has 0 saturated carbocycles. The van der Waals surface area contributed by atoms with E-state index in [0.717, 1.165) is 15.6 Å². The van der Waals surface area contributed by atoms with E-state index in [1.165, 1.54) is 0 Å². The zero-order chi connectivity index (χ0) is 12.5.